The topological polar surface area (TPSA) is 15.3 Å². The van der Waals surface area contributed by atoms with Crippen LogP contribution in [-0.4, -0.2) is 26.7 Å². The summed E-state index contributed by atoms with van der Waals surface area (Å²) in [6.45, 7) is 5.42. The van der Waals surface area contributed by atoms with Crippen LogP contribution in [0, 0.1) is 6.92 Å². The highest BCUT2D eigenvalue weighted by molar-refractivity contribution is 5.46. The van der Waals surface area contributed by atoms with Gasteiger partial charge in [-0.15, -0.1) is 0 Å². The molecule has 1 N–H and O–H groups in total. The van der Waals surface area contributed by atoms with Crippen LogP contribution in [0.15, 0.2) is 24.3 Å². The van der Waals surface area contributed by atoms with Gasteiger partial charge in [-0.25, -0.2) is 0 Å². The molecule has 90 valence electrons. The van der Waals surface area contributed by atoms with E-state index in [1.807, 2.05) is 7.05 Å². The fraction of sp³-hybridized carbons (Fsp3) is 0.571. The number of rotatable bonds is 6. The minimum atomic E-state index is 0.580. The van der Waals surface area contributed by atoms with Gasteiger partial charge in [-0.3, -0.25) is 0 Å². The summed E-state index contributed by atoms with van der Waals surface area (Å²) in [5.74, 6) is 0. The van der Waals surface area contributed by atoms with Gasteiger partial charge in [0, 0.05) is 25.3 Å². The Labute approximate surface area is 99.7 Å². The van der Waals surface area contributed by atoms with Gasteiger partial charge in [0.1, 0.15) is 0 Å². The Kier molecular flexibility index (Phi) is 5.33. The number of nitrogens with one attached hydrogen (secondary N) is 1. The fourth-order valence-corrected chi connectivity index (χ4v) is 1.91. The molecule has 1 aromatic rings. The Morgan fingerprint density at radius 1 is 1.25 bits per heavy atom. The fourth-order valence-electron chi connectivity index (χ4n) is 1.91. The Morgan fingerprint density at radius 2 is 1.88 bits per heavy atom. The van der Waals surface area contributed by atoms with Gasteiger partial charge in [0.05, 0.1) is 0 Å². The first-order valence-electron chi connectivity index (χ1n) is 6.12. The molecule has 0 bridgehead atoms. The zero-order chi connectivity index (χ0) is 12.0. The highest BCUT2D eigenvalue weighted by atomic mass is 15.1. The lowest BCUT2D eigenvalue weighted by Gasteiger charge is -2.25. The molecule has 0 aromatic heterocycles. The van der Waals surface area contributed by atoms with E-state index in [0.717, 1.165) is 6.54 Å². The van der Waals surface area contributed by atoms with Crippen molar-refractivity contribution >= 4 is 5.69 Å². The van der Waals surface area contributed by atoms with Crippen molar-refractivity contribution < 1.29 is 0 Å². The van der Waals surface area contributed by atoms with Crippen LogP contribution in [-0.2, 0) is 0 Å². The molecule has 16 heavy (non-hydrogen) atoms. The summed E-state index contributed by atoms with van der Waals surface area (Å²) < 4.78 is 0. The monoisotopic (exact) mass is 220 g/mol. The summed E-state index contributed by atoms with van der Waals surface area (Å²) in [6, 6.07) is 9.29. The van der Waals surface area contributed by atoms with Gasteiger partial charge in [0.2, 0.25) is 0 Å². The number of nitrogens with zero attached hydrogens (tertiary/aromatic N) is 1. The van der Waals surface area contributed by atoms with Crippen LogP contribution in [0.4, 0.5) is 5.69 Å². The molecule has 0 aliphatic rings. The number of hydrogen-bond donors (Lipinski definition) is 1. The molecule has 1 aromatic carbocycles. The number of benzene rings is 1. The predicted molar refractivity (Wildman–Crippen MR) is 72.2 cm³/mol. The van der Waals surface area contributed by atoms with E-state index in [1.165, 1.54) is 24.1 Å². The van der Waals surface area contributed by atoms with Crippen LogP contribution in [0.25, 0.3) is 0 Å². The summed E-state index contributed by atoms with van der Waals surface area (Å²) in [6.07, 6.45) is 2.46. The SMILES string of the molecule is CCCC(CN(C)c1ccc(C)cc1)NC. The summed E-state index contributed by atoms with van der Waals surface area (Å²) in [5.41, 5.74) is 2.61. The number of anilines is 1. The third-order valence-corrected chi connectivity index (χ3v) is 3.01. The molecule has 1 rings (SSSR count). The Hall–Kier alpha value is -1.02. The lowest BCUT2D eigenvalue weighted by Crippen LogP contribution is -2.37. The van der Waals surface area contributed by atoms with Crippen molar-refractivity contribution in [1.29, 1.82) is 0 Å². The third kappa shape index (κ3) is 3.86. The molecule has 0 radical (unpaired) electrons. The third-order valence-electron chi connectivity index (χ3n) is 3.01. The zero-order valence-electron chi connectivity index (χ0n) is 11.0. The molecule has 1 unspecified atom stereocenters. The van der Waals surface area contributed by atoms with Crippen LogP contribution in [0.2, 0.25) is 0 Å². The average Bonchev–Trinajstić information content (AvgIpc) is 2.29. The van der Waals surface area contributed by atoms with Gasteiger partial charge in [-0.1, -0.05) is 31.0 Å². The first-order chi connectivity index (χ1) is 7.67. The molecule has 0 aliphatic carbocycles. The van der Waals surface area contributed by atoms with Crippen molar-refractivity contribution in [2.75, 3.05) is 25.5 Å². The Bertz CT molecular complexity index is 292. The predicted octanol–water partition coefficient (Wildman–Crippen LogP) is 2.82. The van der Waals surface area contributed by atoms with Crippen LogP contribution in [0.5, 0.6) is 0 Å². The highest BCUT2D eigenvalue weighted by Gasteiger charge is 2.08. The van der Waals surface area contributed by atoms with Crippen molar-refractivity contribution in [2.24, 2.45) is 0 Å². The number of hydrogen-bond acceptors (Lipinski definition) is 2. The summed E-state index contributed by atoms with van der Waals surface area (Å²) >= 11 is 0. The average molecular weight is 220 g/mol. The minimum Gasteiger partial charge on any atom is -0.373 e. The largest absolute Gasteiger partial charge is 0.373 e. The van der Waals surface area contributed by atoms with E-state index >= 15 is 0 Å². The van der Waals surface area contributed by atoms with Crippen molar-refractivity contribution in [2.45, 2.75) is 32.7 Å². The van der Waals surface area contributed by atoms with E-state index in [2.05, 4.69) is 55.4 Å². The standard InChI is InChI=1S/C14H24N2/c1-5-6-13(15-3)11-16(4)14-9-7-12(2)8-10-14/h7-10,13,15H,5-6,11H2,1-4H3. The van der Waals surface area contributed by atoms with Crippen LogP contribution >= 0.6 is 0 Å². The molecule has 0 spiro atoms. The van der Waals surface area contributed by atoms with Gasteiger partial charge in [0.15, 0.2) is 0 Å². The molecule has 2 heteroatoms. The molecule has 0 aliphatic heterocycles. The van der Waals surface area contributed by atoms with E-state index in [9.17, 15) is 0 Å². The Morgan fingerprint density at radius 3 is 2.38 bits per heavy atom. The first kappa shape index (κ1) is 13.0. The van der Waals surface area contributed by atoms with Crippen LogP contribution < -0.4 is 10.2 Å². The molecule has 0 saturated heterocycles. The molecule has 0 saturated carbocycles. The van der Waals surface area contributed by atoms with E-state index in [1.54, 1.807) is 0 Å². The van der Waals surface area contributed by atoms with E-state index < -0.39 is 0 Å². The van der Waals surface area contributed by atoms with Crippen molar-refractivity contribution in [3.05, 3.63) is 29.8 Å². The second-order valence-electron chi connectivity index (χ2n) is 4.49. The number of likely N-dealkylation sites (N-methyl/N-ethyl adjacent to an activating group) is 2. The molecular weight excluding hydrogens is 196 g/mol. The first-order valence-corrected chi connectivity index (χ1v) is 6.12. The maximum atomic E-state index is 3.37. The smallest absolute Gasteiger partial charge is 0.0364 e. The summed E-state index contributed by atoms with van der Waals surface area (Å²) in [5, 5.41) is 3.37. The molecular formula is C14H24N2. The lowest BCUT2D eigenvalue weighted by atomic mass is 10.1. The van der Waals surface area contributed by atoms with E-state index in [-0.39, 0.29) is 0 Å². The van der Waals surface area contributed by atoms with Gasteiger partial charge >= 0.3 is 0 Å². The second-order valence-corrected chi connectivity index (χ2v) is 4.49. The quantitative estimate of drug-likeness (QED) is 0.793. The van der Waals surface area contributed by atoms with Crippen LogP contribution in [0.3, 0.4) is 0 Å². The zero-order valence-corrected chi connectivity index (χ0v) is 11.0. The molecule has 0 amide bonds. The van der Waals surface area contributed by atoms with Gasteiger partial charge in [-0.05, 0) is 32.5 Å². The van der Waals surface area contributed by atoms with E-state index in [0.29, 0.717) is 6.04 Å². The lowest BCUT2D eigenvalue weighted by molar-refractivity contribution is 0.516. The second kappa shape index (κ2) is 6.54. The van der Waals surface area contributed by atoms with Crippen molar-refractivity contribution in [3.8, 4) is 0 Å². The highest BCUT2D eigenvalue weighted by Crippen LogP contribution is 2.14. The van der Waals surface area contributed by atoms with Gasteiger partial charge in [-0.2, -0.15) is 0 Å². The molecule has 0 heterocycles. The van der Waals surface area contributed by atoms with E-state index in [4.69, 9.17) is 0 Å². The maximum absolute atomic E-state index is 3.37. The van der Waals surface area contributed by atoms with Gasteiger partial charge < -0.3 is 10.2 Å². The Balaban J connectivity index is 2.56. The van der Waals surface area contributed by atoms with Gasteiger partial charge in [0.25, 0.3) is 0 Å². The normalized spacial score (nSPS) is 12.5. The van der Waals surface area contributed by atoms with Crippen LogP contribution in [0.1, 0.15) is 25.3 Å². The summed E-state index contributed by atoms with van der Waals surface area (Å²) in [4.78, 5) is 2.32. The van der Waals surface area contributed by atoms with Crippen molar-refractivity contribution in [1.82, 2.24) is 5.32 Å². The minimum absolute atomic E-state index is 0.580. The number of aryl methyl sites for hydroxylation is 1. The molecule has 1 atom stereocenters. The maximum Gasteiger partial charge on any atom is 0.0364 e. The van der Waals surface area contributed by atoms with Crippen molar-refractivity contribution in [3.63, 3.8) is 0 Å². The molecule has 0 fully saturated rings. The molecule has 2 nitrogen and oxygen atoms in total. The summed E-state index contributed by atoms with van der Waals surface area (Å²) in [7, 11) is 4.20.